The van der Waals surface area contributed by atoms with Crippen molar-refractivity contribution in [3.05, 3.63) is 77.0 Å². The topological polar surface area (TPSA) is 77.1 Å². The molecule has 0 fully saturated rings. The SMILES string of the molecule is O=C(Cn1c(-c2cccc(Cl)c2Cl)nc2ccccc21)Nc1ccnc2ccnn12. The van der Waals surface area contributed by atoms with Gasteiger partial charge in [0.15, 0.2) is 5.65 Å². The molecule has 2 aromatic carbocycles. The molecule has 148 valence electrons. The molecule has 0 unspecified atom stereocenters. The molecule has 5 rings (SSSR count). The first kappa shape index (κ1) is 18.6. The molecular weight excluding hydrogens is 423 g/mol. The van der Waals surface area contributed by atoms with Crippen molar-refractivity contribution in [3.63, 3.8) is 0 Å². The molecule has 0 aliphatic rings. The van der Waals surface area contributed by atoms with Crippen molar-refractivity contribution in [1.82, 2.24) is 24.1 Å². The Bertz CT molecular complexity index is 1410. The normalized spacial score (nSPS) is 11.3. The number of benzene rings is 2. The van der Waals surface area contributed by atoms with Gasteiger partial charge in [-0.3, -0.25) is 4.79 Å². The maximum Gasteiger partial charge on any atom is 0.245 e. The molecule has 0 radical (unpaired) electrons. The highest BCUT2D eigenvalue weighted by Crippen LogP contribution is 2.34. The Balaban J connectivity index is 1.56. The van der Waals surface area contributed by atoms with Gasteiger partial charge in [0.05, 0.1) is 27.3 Å². The second kappa shape index (κ2) is 7.44. The summed E-state index contributed by atoms with van der Waals surface area (Å²) in [5.41, 5.74) is 2.88. The van der Waals surface area contributed by atoms with Gasteiger partial charge >= 0.3 is 0 Å². The van der Waals surface area contributed by atoms with E-state index in [2.05, 4.69) is 15.4 Å². The first-order valence-electron chi connectivity index (χ1n) is 9.10. The molecule has 30 heavy (non-hydrogen) atoms. The number of aromatic nitrogens is 5. The van der Waals surface area contributed by atoms with Crippen molar-refractivity contribution < 1.29 is 4.79 Å². The van der Waals surface area contributed by atoms with Gasteiger partial charge in [-0.15, -0.1) is 0 Å². The first-order valence-corrected chi connectivity index (χ1v) is 9.85. The van der Waals surface area contributed by atoms with Crippen molar-refractivity contribution in [2.75, 3.05) is 5.32 Å². The van der Waals surface area contributed by atoms with E-state index < -0.39 is 0 Å². The van der Waals surface area contributed by atoms with Crippen molar-refractivity contribution in [1.29, 1.82) is 0 Å². The van der Waals surface area contributed by atoms with E-state index in [1.54, 1.807) is 41.2 Å². The monoisotopic (exact) mass is 436 g/mol. The van der Waals surface area contributed by atoms with Crippen LogP contribution in [0.15, 0.2) is 67.0 Å². The zero-order chi connectivity index (χ0) is 20.7. The summed E-state index contributed by atoms with van der Waals surface area (Å²) < 4.78 is 3.39. The van der Waals surface area contributed by atoms with Crippen LogP contribution in [0.4, 0.5) is 5.82 Å². The number of halogens is 2. The number of para-hydroxylation sites is 2. The summed E-state index contributed by atoms with van der Waals surface area (Å²) >= 11 is 12.7. The summed E-state index contributed by atoms with van der Waals surface area (Å²) in [4.78, 5) is 21.8. The third-order valence-corrected chi connectivity index (χ3v) is 5.53. The molecular formula is C21H14Cl2N6O. The summed E-state index contributed by atoms with van der Waals surface area (Å²) in [5, 5.41) is 7.90. The molecule has 0 saturated heterocycles. The maximum atomic E-state index is 12.9. The summed E-state index contributed by atoms with van der Waals surface area (Å²) in [7, 11) is 0. The second-order valence-electron chi connectivity index (χ2n) is 6.59. The van der Waals surface area contributed by atoms with E-state index in [-0.39, 0.29) is 12.5 Å². The Kier molecular flexibility index (Phi) is 4.61. The van der Waals surface area contributed by atoms with Gasteiger partial charge < -0.3 is 9.88 Å². The van der Waals surface area contributed by atoms with Gasteiger partial charge in [-0.05, 0) is 30.3 Å². The van der Waals surface area contributed by atoms with Crippen LogP contribution in [0.25, 0.3) is 28.1 Å². The van der Waals surface area contributed by atoms with E-state index in [0.29, 0.717) is 32.9 Å². The lowest BCUT2D eigenvalue weighted by Crippen LogP contribution is -2.21. The quantitative estimate of drug-likeness (QED) is 0.443. The number of rotatable bonds is 4. The van der Waals surface area contributed by atoms with Crippen LogP contribution in [-0.2, 0) is 11.3 Å². The number of anilines is 1. The lowest BCUT2D eigenvalue weighted by atomic mass is 10.2. The fourth-order valence-corrected chi connectivity index (χ4v) is 3.76. The molecule has 5 aromatic rings. The van der Waals surface area contributed by atoms with Crippen LogP contribution < -0.4 is 5.32 Å². The summed E-state index contributed by atoms with van der Waals surface area (Å²) in [5.74, 6) is 0.861. The van der Waals surface area contributed by atoms with Crippen molar-refractivity contribution >= 4 is 51.6 Å². The van der Waals surface area contributed by atoms with E-state index in [4.69, 9.17) is 28.2 Å². The number of imidazole rings is 1. The van der Waals surface area contributed by atoms with Crippen molar-refractivity contribution in [2.45, 2.75) is 6.54 Å². The van der Waals surface area contributed by atoms with Gasteiger partial charge in [0.2, 0.25) is 5.91 Å². The Morgan fingerprint density at radius 1 is 1.00 bits per heavy atom. The van der Waals surface area contributed by atoms with Crippen LogP contribution in [-0.4, -0.2) is 30.1 Å². The van der Waals surface area contributed by atoms with Gasteiger partial charge in [-0.2, -0.15) is 9.61 Å². The van der Waals surface area contributed by atoms with E-state index >= 15 is 0 Å². The highest BCUT2D eigenvalue weighted by atomic mass is 35.5. The van der Waals surface area contributed by atoms with Gasteiger partial charge in [0.25, 0.3) is 0 Å². The third-order valence-electron chi connectivity index (χ3n) is 4.71. The zero-order valence-corrected chi connectivity index (χ0v) is 17.0. The molecule has 1 amide bonds. The summed E-state index contributed by atoms with van der Waals surface area (Å²) in [6.45, 7) is 0.0315. The Labute approximate surface area is 180 Å². The number of hydrogen-bond donors (Lipinski definition) is 1. The molecule has 0 bridgehead atoms. The number of carbonyl (C=O) groups is 1. The zero-order valence-electron chi connectivity index (χ0n) is 15.5. The first-order chi connectivity index (χ1) is 14.6. The molecule has 1 N–H and O–H groups in total. The second-order valence-corrected chi connectivity index (χ2v) is 7.38. The van der Waals surface area contributed by atoms with E-state index in [9.17, 15) is 4.79 Å². The molecule has 3 aromatic heterocycles. The molecule has 0 aliphatic heterocycles. The third kappa shape index (κ3) is 3.18. The standard InChI is InChI=1S/C21H14Cl2N6O/c22-14-5-3-4-13(20(14)23)21-26-15-6-1-2-7-16(15)28(21)12-19(30)27-18-8-10-24-17-9-11-25-29(17)18/h1-11H,12H2,(H,27,30). The van der Waals surface area contributed by atoms with Gasteiger partial charge in [-0.25, -0.2) is 9.97 Å². The minimum Gasteiger partial charge on any atom is -0.314 e. The van der Waals surface area contributed by atoms with E-state index in [1.165, 1.54) is 0 Å². The maximum absolute atomic E-state index is 12.9. The number of amides is 1. The van der Waals surface area contributed by atoms with Gasteiger partial charge in [-0.1, -0.05) is 41.4 Å². The van der Waals surface area contributed by atoms with Crippen molar-refractivity contribution in [3.8, 4) is 11.4 Å². The van der Waals surface area contributed by atoms with Crippen LogP contribution in [0.1, 0.15) is 0 Å². The highest BCUT2D eigenvalue weighted by Gasteiger charge is 2.18. The lowest BCUT2D eigenvalue weighted by molar-refractivity contribution is -0.116. The van der Waals surface area contributed by atoms with Crippen molar-refractivity contribution in [2.24, 2.45) is 0 Å². The molecule has 0 spiro atoms. The largest absolute Gasteiger partial charge is 0.314 e. The fraction of sp³-hybridized carbons (Fsp3) is 0.0476. The van der Waals surface area contributed by atoms with Gasteiger partial charge in [0.1, 0.15) is 18.2 Å². The summed E-state index contributed by atoms with van der Waals surface area (Å²) in [6.07, 6.45) is 3.25. The van der Waals surface area contributed by atoms with Crippen LogP contribution in [0, 0.1) is 0 Å². The predicted octanol–water partition coefficient (Wildman–Crippen LogP) is 4.69. The molecule has 0 aliphatic carbocycles. The van der Waals surface area contributed by atoms with Crippen LogP contribution in [0.5, 0.6) is 0 Å². The Hall–Kier alpha value is -3.42. The number of carbonyl (C=O) groups excluding carboxylic acids is 1. The highest BCUT2D eigenvalue weighted by molar-refractivity contribution is 6.43. The molecule has 7 nitrogen and oxygen atoms in total. The minimum atomic E-state index is -0.236. The number of fused-ring (bicyclic) bond motifs is 2. The Morgan fingerprint density at radius 3 is 2.77 bits per heavy atom. The predicted molar refractivity (Wildman–Crippen MR) is 117 cm³/mol. The van der Waals surface area contributed by atoms with Gasteiger partial charge in [0, 0.05) is 17.8 Å². The number of nitrogens with zero attached hydrogens (tertiary/aromatic N) is 5. The molecule has 0 saturated carbocycles. The summed E-state index contributed by atoms with van der Waals surface area (Å²) in [6, 6.07) is 16.4. The molecule has 3 heterocycles. The van der Waals surface area contributed by atoms with Crippen LogP contribution in [0.2, 0.25) is 10.0 Å². The minimum absolute atomic E-state index is 0.0315. The fourth-order valence-electron chi connectivity index (χ4n) is 3.37. The van der Waals surface area contributed by atoms with Crippen LogP contribution >= 0.6 is 23.2 Å². The lowest BCUT2D eigenvalue weighted by Gasteiger charge is -2.12. The smallest absolute Gasteiger partial charge is 0.245 e. The molecule has 9 heteroatoms. The Morgan fingerprint density at radius 2 is 1.87 bits per heavy atom. The number of hydrogen-bond acceptors (Lipinski definition) is 4. The molecule has 0 atom stereocenters. The van der Waals surface area contributed by atoms with E-state index in [0.717, 1.165) is 11.0 Å². The average molecular weight is 437 g/mol. The van der Waals surface area contributed by atoms with Crippen LogP contribution in [0.3, 0.4) is 0 Å². The average Bonchev–Trinajstić information content (AvgIpc) is 3.36. The number of nitrogens with one attached hydrogen (secondary N) is 1. The van der Waals surface area contributed by atoms with E-state index in [1.807, 2.05) is 34.9 Å².